The van der Waals surface area contributed by atoms with Crippen LogP contribution in [-0.2, 0) is 71.3 Å². The van der Waals surface area contributed by atoms with Crippen molar-refractivity contribution >= 4 is 70.1 Å². The summed E-state index contributed by atoms with van der Waals surface area (Å²) in [7, 11) is 0. The molecule has 0 radical (unpaired) electrons. The molecule has 1 saturated heterocycles. The zero-order valence-corrected chi connectivity index (χ0v) is 37.4. The summed E-state index contributed by atoms with van der Waals surface area (Å²) >= 11 is 6.65. The third kappa shape index (κ3) is 32.7. The number of nitrogens with one attached hydrogen (secondary N) is 4. The lowest BCUT2D eigenvalue weighted by Gasteiger charge is -2.24. The topological polar surface area (TPSA) is 266 Å². The lowest BCUT2D eigenvalue weighted by atomic mass is 10.4. The molecule has 0 spiro atoms. The minimum Gasteiger partial charge on any atom is -0.463 e. The third-order valence-electron chi connectivity index (χ3n) is 7.46. The Morgan fingerprint density at radius 2 is 0.968 bits per heavy atom. The minimum absolute atomic E-state index is 0.0834. The average Bonchev–Trinajstić information content (AvgIpc) is 3.69. The molecule has 25 heteroatoms. The molecule has 4 N–H and O–H groups in total. The Morgan fingerprint density at radius 1 is 0.548 bits per heavy atom. The monoisotopic (exact) mass is 928 g/mol. The Bertz CT molecular complexity index is 1250. The molecular weight excluding hydrogens is 865 g/mol. The van der Waals surface area contributed by atoms with Gasteiger partial charge in [0.1, 0.15) is 44.0 Å². The number of esters is 2. The van der Waals surface area contributed by atoms with Gasteiger partial charge in [0.25, 0.3) is 0 Å². The fourth-order valence-corrected chi connectivity index (χ4v) is 5.74. The third-order valence-corrected chi connectivity index (χ3v) is 8.88. The van der Waals surface area contributed by atoms with Gasteiger partial charge in [-0.3, -0.25) is 24.2 Å². The first-order chi connectivity index (χ1) is 30.0. The fraction of sp³-hybridized carbons (Fsp3) is 0.784. The highest BCUT2D eigenvalue weighted by Gasteiger charge is 2.26. The van der Waals surface area contributed by atoms with Crippen molar-refractivity contribution in [2.75, 3.05) is 164 Å². The summed E-state index contributed by atoms with van der Waals surface area (Å²) < 4.78 is 52.3. The Morgan fingerprint density at radius 3 is 1.35 bits per heavy atom. The van der Waals surface area contributed by atoms with Crippen LogP contribution in [0, 0.1) is 0 Å². The Balaban J connectivity index is 2.19. The largest absolute Gasteiger partial charge is 0.463 e. The number of carbonyl (C=O) groups excluding carboxylic acids is 7. The molecule has 1 heterocycles. The number of thiocarbonyl (C=S) groups is 1. The van der Waals surface area contributed by atoms with Gasteiger partial charge in [-0.15, -0.1) is 0 Å². The van der Waals surface area contributed by atoms with E-state index in [-0.39, 0.29) is 91.5 Å². The summed E-state index contributed by atoms with van der Waals surface area (Å²) in [6.07, 6.45) is 0.499. The lowest BCUT2D eigenvalue weighted by Crippen LogP contribution is -2.43. The standard InChI is InChI=1S/C37H64N6O17S2/c1-3-12-59-35(49)40-7-16-53-22-20-51-14-5-38-30(44)26-55-28-33(47)57-18-9-42(25-32(46)43-11-24-62-37(43)61)10-19-58-34(48)29-56-27-31(45)39-6-15-52-21-23-54-17-8-41-36(50)60-13-4-2/h3-29H2,1-2H3,(H,38,44)(H,39,45)(H,40,49)(H,41,50). The maximum Gasteiger partial charge on any atom is 0.407 e. The molecule has 1 fully saturated rings. The first kappa shape index (κ1) is 56.1. The summed E-state index contributed by atoms with van der Waals surface area (Å²) in [4.78, 5) is 87.1. The van der Waals surface area contributed by atoms with E-state index in [1.807, 2.05) is 13.8 Å². The smallest absolute Gasteiger partial charge is 0.407 e. The van der Waals surface area contributed by atoms with Crippen LogP contribution in [0.3, 0.4) is 0 Å². The number of thioether (sulfide) groups is 1. The van der Waals surface area contributed by atoms with E-state index >= 15 is 0 Å². The predicted octanol–water partition coefficient (Wildman–Crippen LogP) is -1.16. The second kappa shape index (κ2) is 38.7. The van der Waals surface area contributed by atoms with Gasteiger partial charge in [0.2, 0.25) is 17.7 Å². The van der Waals surface area contributed by atoms with Crippen molar-refractivity contribution in [1.82, 2.24) is 31.1 Å². The van der Waals surface area contributed by atoms with E-state index < -0.39 is 49.2 Å². The van der Waals surface area contributed by atoms with Crippen molar-refractivity contribution in [3.05, 3.63) is 0 Å². The molecule has 1 aliphatic rings. The van der Waals surface area contributed by atoms with E-state index in [2.05, 4.69) is 21.3 Å². The number of rotatable bonds is 38. The van der Waals surface area contributed by atoms with E-state index in [4.69, 9.17) is 59.6 Å². The van der Waals surface area contributed by atoms with E-state index in [0.717, 1.165) is 12.8 Å². The maximum absolute atomic E-state index is 12.9. The summed E-state index contributed by atoms with van der Waals surface area (Å²) in [6, 6.07) is 0. The van der Waals surface area contributed by atoms with Crippen LogP contribution in [0.25, 0.3) is 0 Å². The SMILES string of the molecule is CCCOC(=O)NCCOCCOCCNC(=O)COCC(=O)OCCN(CCOC(=O)COCC(=O)NCCOCCOCCNC(=O)OCCC)CC(=O)N1CCSC1=S. The Hall–Kier alpha value is -3.95. The van der Waals surface area contributed by atoms with Gasteiger partial charge in [-0.05, 0) is 12.8 Å². The van der Waals surface area contributed by atoms with Gasteiger partial charge in [-0.1, -0.05) is 37.8 Å². The maximum atomic E-state index is 12.9. The van der Waals surface area contributed by atoms with Crippen molar-refractivity contribution in [2.24, 2.45) is 0 Å². The number of hydrogen-bond donors (Lipinski definition) is 4. The highest BCUT2D eigenvalue weighted by molar-refractivity contribution is 8.23. The van der Waals surface area contributed by atoms with Crippen LogP contribution in [0.2, 0.25) is 0 Å². The Kier molecular flexibility index (Phi) is 35.0. The van der Waals surface area contributed by atoms with Gasteiger partial charge in [-0.2, -0.15) is 0 Å². The molecule has 0 saturated carbocycles. The lowest BCUT2D eigenvalue weighted by molar-refractivity contribution is -0.150. The van der Waals surface area contributed by atoms with Crippen LogP contribution in [0.5, 0.6) is 0 Å². The summed E-state index contributed by atoms with van der Waals surface area (Å²) in [6.45, 7) is 6.42. The summed E-state index contributed by atoms with van der Waals surface area (Å²) in [5, 5.41) is 10.3. The summed E-state index contributed by atoms with van der Waals surface area (Å²) in [5.41, 5.74) is 0. The molecule has 23 nitrogen and oxygen atoms in total. The van der Waals surface area contributed by atoms with Gasteiger partial charge in [0.15, 0.2) is 0 Å². The molecule has 0 unspecified atom stereocenters. The molecule has 0 aromatic heterocycles. The predicted molar refractivity (Wildman–Crippen MR) is 225 cm³/mol. The van der Waals surface area contributed by atoms with Crippen LogP contribution < -0.4 is 21.3 Å². The molecule has 5 amide bonds. The first-order valence-electron chi connectivity index (χ1n) is 20.4. The Labute approximate surface area is 371 Å². The zero-order chi connectivity index (χ0) is 45.5. The number of alkyl carbamates (subject to hydrolysis) is 2. The number of nitrogens with zero attached hydrogens (tertiary/aromatic N) is 2. The van der Waals surface area contributed by atoms with Gasteiger partial charge < -0.3 is 68.6 Å². The van der Waals surface area contributed by atoms with Crippen molar-refractivity contribution < 1.29 is 80.9 Å². The number of amides is 5. The molecule has 1 aliphatic heterocycles. The second-order valence-corrected chi connectivity index (χ2v) is 14.4. The van der Waals surface area contributed by atoms with E-state index in [0.29, 0.717) is 69.3 Å². The van der Waals surface area contributed by atoms with Crippen LogP contribution in [-0.4, -0.2) is 220 Å². The molecule has 0 aromatic rings. The number of hydrogen-bond acceptors (Lipinski definition) is 20. The molecule has 0 aliphatic carbocycles. The normalized spacial score (nSPS) is 12.2. The van der Waals surface area contributed by atoms with Crippen molar-refractivity contribution in [3.8, 4) is 0 Å². The number of ether oxygens (including phenoxy) is 10. The van der Waals surface area contributed by atoms with E-state index in [1.165, 1.54) is 16.7 Å². The van der Waals surface area contributed by atoms with E-state index in [9.17, 15) is 33.6 Å². The molecule has 356 valence electrons. The molecule has 62 heavy (non-hydrogen) atoms. The van der Waals surface area contributed by atoms with Gasteiger partial charge in [0, 0.05) is 51.6 Å². The van der Waals surface area contributed by atoms with Crippen molar-refractivity contribution in [3.63, 3.8) is 0 Å². The van der Waals surface area contributed by atoms with E-state index in [1.54, 1.807) is 4.90 Å². The molecule has 0 atom stereocenters. The highest BCUT2D eigenvalue weighted by atomic mass is 32.2. The summed E-state index contributed by atoms with van der Waals surface area (Å²) in [5.74, 6) is -1.94. The van der Waals surface area contributed by atoms with Crippen molar-refractivity contribution in [1.29, 1.82) is 0 Å². The fourth-order valence-electron chi connectivity index (χ4n) is 4.49. The molecular formula is C37H64N6O17S2. The van der Waals surface area contributed by atoms with Crippen LogP contribution in [0.4, 0.5) is 9.59 Å². The number of carbonyl (C=O) groups is 7. The molecule has 0 bridgehead atoms. The van der Waals surface area contributed by atoms with Crippen LogP contribution >= 0.6 is 24.0 Å². The average molecular weight is 929 g/mol. The van der Waals surface area contributed by atoms with Crippen molar-refractivity contribution in [2.45, 2.75) is 26.7 Å². The quantitative estimate of drug-likeness (QED) is 0.0246. The van der Waals surface area contributed by atoms with Crippen LogP contribution in [0.1, 0.15) is 26.7 Å². The molecule has 1 rings (SSSR count). The minimum atomic E-state index is -0.726. The first-order valence-corrected chi connectivity index (χ1v) is 21.8. The van der Waals surface area contributed by atoms with Gasteiger partial charge in [0.05, 0.1) is 72.6 Å². The van der Waals surface area contributed by atoms with Gasteiger partial charge >= 0.3 is 24.1 Å². The highest BCUT2D eigenvalue weighted by Crippen LogP contribution is 2.18. The zero-order valence-electron chi connectivity index (χ0n) is 35.7. The van der Waals surface area contributed by atoms with Gasteiger partial charge in [-0.25, -0.2) is 19.2 Å². The van der Waals surface area contributed by atoms with Crippen LogP contribution in [0.15, 0.2) is 0 Å². The second-order valence-electron chi connectivity index (χ2n) is 12.6. The molecule has 0 aromatic carbocycles.